The van der Waals surface area contributed by atoms with Crippen molar-refractivity contribution in [3.63, 3.8) is 0 Å². The third-order valence-corrected chi connectivity index (χ3v) is 9.56. The normalized spacial score (nSPS) is 11.7. The molecule has 0 saturated carbocycles. The van der Waals surface area contributed by atoms with E-state index in [4.69, 9.17) is 4.74 Å². The number of nitrogens with zero attached hydrogens (tertiary/aromatic N) is 2. The average molecular weight is 978 g/mol. The van der Waals surface area contributed by atoms with Crippen LogP contribution in [0.25, 0.3) is 0 Å². The van der Waals surface area contributed by atoms with Crippen LogP contribution in [-0.4, -0.2) is 28.5 Å². The first-order valence-corrected chi connectivity index (χ1v) is 17.9. The van der Waals surface area contributed by atoms with E-state index in [1.54, 1.807) is 53.6 Å². The van der Waals surface area contributed by atoms with Crippen LogP contribution in [0.3, 0.4) is 0 Å². The molecule has 0 atom stereocenters. The Morgan fingerprint density at radius 1 is 0.433 bits per heavy atom. The molecule has 6 rings (SSSR count). The number of rotatable bonds is 8. The van der Waals surface area contributed by atoms with Crippen molar-refractivity contribution in [2.75, 3.05) is 0 Å². The third-order valence-electron chi connectivity index (χ3n) is 9.56. The van der Waals surface area contributed by atoms with E-state index in [0.717, 1.165) is 0 Å². The van der Waals surface area contributed by atoms with Crippen LogP contribution >= 0.6 is 0 Å². The zero-order valence-corrected chi connectivity index (χ0v) is 33.1. The van der Waals surface area contributed by atoms with E-state index >= 15 is 35.1 Å². The van der Waals surface area contributed by atoms with Gasteiger partial charge in [0.05, 0.1) is 18.0 Å². The molecule has 0 saturated heterocycles. The van der Waals surface area contributed by atoms with Crippen molar-refractivity contribution in [1.29, 1.82) is 0 Å². The smallest absolute Gasteiger partial charge is 0.338 e. The molecule has 0 fully saturated rings. The average Bonchev–Trinajstić information content (AvgIpc) is 3.28. The first-order valence-electron chi connectivity index (χ1n) is 17.9. The van der Waals surface area contributed by atoms with E-state index in [1.807, 2.05) is 20.8 Å². The number of halogens is 20. The highest BCUT2D eigenvalue weighted by molar-refractivity contribution is 7.20. The van der Waals surface area contributed by atoms with Gasteiger partial charge < -0.3 is 4.74 Å². The molecule has 26 heteroatoms. The predicted octanol–water partition coefficient (Wildman–Crippen LogP) is 8.05. The van der Waals surface area contributed by atoms with Crippen LogP contribution in [-0.2, 0) is 11.3 Å². The molecule has 5 aromatic carbocycles. The Labute approximate surface area is 360 Å². The van der Waals surface area contributed by atoms with Gasteiger partial charge >= 0.3 is 5.97 Å². The lowest BCUT2D eigenvalue weighted by atomic mass is 9.12. The summed E-state index contributed by atoms with van der Waals surface area (Å²) in [5.41, 5.74) is -13.9. The van der Waals surface area contributed by atoms with Gasteiger partial charge in [0.2, 0.25) is 12.3 Å². The number of esters is 1. The number of ketones is 1. The standard InChI is InChI=1S/C24BF20.C17H19N2O3/c26-5-1(6(27)14(35)21(42)13(5)34)25(2-7(28)15(36)22(43)16(37)8(2)29,3-9(30)17(38)23(44)18(39)10(3)31)4-11(32)19(40)24(45)20(41)12(4)33;1-17(2,3)22-16(21)14-6-4-13(5-7-14)15(20)12-19-10-8-18-9-11-19/h;4-11H,12H2,1-3H3/q-1;+1. The Morgan fingerprint density at radius 2 is 0.672 bits per heavy atom. The number of ether oxygens (including phenoxy) is 1. The van der Waals surface area contributed by atoms with Gasteiger partial charge in [-0.3, -0.25) is 9.78 Å². The van der Waals surface area contributed by atoms with Crippen molar-refractivity contribution in [2.24, 2.45) is 0 Å². The Hall–Kier alpha value is -7.02. The molecule has 67 heavy (non-hydrogen) atoms. The Balaban J connectivity index is 0.000000319. The maximum absolute atomic E-state index is 15.4. The van der Waals surface area contributed by atoms with Crippen molar-refractivity contribution in [3.8, 4) is 0 Å². The second-order valence-electron chi connectivity index (χ2n) is 14.7. The lowest BCUT2D eigenvalue weighted by molar-refractivity contribution is -0.683. The number of benzene rings is 5. The summed E-state index contributed by atoms with van der Waals surface area (Å²) in [4.78, 5) is 28.0. The molecule has 0 aliphatic heterocycles. The van der Waals surface area contributed by atoms with Crippen molar-refractivity contribution < 1.29 is 107 Å². The van der Waals surface area contributed by atoms with Gasteiger partial charge in [-0.05, 0) is 32.9 Å². The summed E-state index contributed by atoms with van der Waals surface area (Å²) in [5, 5.41) is 0. The van der Waals surface area contributed by atoms with E-state index < -0.39 is 156 Å². The van der Waals surface area contributed by atoms with Crippen LogP contribution in [0.2, 0.25) is 0 Å². The maximum Gasteiger partial charge on any atom is 0.338 e. The van der Waals surface area contributed by atoms with Gasteiger partial charge in [-0.1, -0.05) is 12.1 Å². The summed E-state index contributed by atoms with van der Waals surface area (Å²) in [7, 11) is 0. The molecule has 5 nitrogen and oxygen atoms in total. The summed E-state index contributed by atoms with van der Waals surface area (Å²) in [6, 6.07) is 6.50. The number of carbonyl (C=O) groups excluding carboxylic acids is 2. The van der Waals surface area contributed by atoms with Crippen LogP contribution in [0.1, 0.15) is 41.5 Å². The van der Waals surface area contributed by atoms with Crippen molar-refractivity contribution in [3.05, 3.63) is 177 Å². The summed E-state index contributed by atoms with van der Waals surface area (Å²) in [6.07, 6.45) is -0.511. The first-order chi connectivity index (χ1) is 31.1. The Morgan fingerprint density at radius 3 is 0.925 bits per heavy atom. The topological polar surface area (TPSA) is 60.1 Å². The zero-order chi connectivity index (χ0) is 50.5. The SMILES string of the molecule is CC(C)(C)OC(=O)c1ccc(C(=O)C[n+]2ccncc2)cc1.Fc1c(F)c(F)c([B-](c2c(F)c(F)c(F)c(F)c2F)(c2c(F)c(F)c(F)c(F)c2F)c2c(F)c(F)c(F)c(F)c2F)c(F)c1F. The van der Waals surface area contributed by atoms with Crippen LogP contribution in [0.15, 0.2) is 49.1 Å². The third kappa shape index (κ3) is 8.75. The fraction of sp³-hybridized carbons (Fsp3) is 0.122. The van der Waals surface area contributed by atoms with Gasteiger partial charge in [0.15, 0.2) is 82.2 Å². The minimum Gasteiger partial charge on any atom is -0.456 e. The van der Waals surface area contributed by atoms with Crippen LogP contribution < -0.4 is 26.4 Å². The van der Waals surface area contributed by atoms with Crippen molar-refractivity contribution >= 4 is 39.7 Å². The van der Waals surface area contributed by atoms with Crippen LogP contribution in [0, 0.1) is 116 Å². The summed E-state index contributed by atoms with van der Waals surface area (Å²) >= 11 is 0. The summed E-state index contributed by atoms with van der Waals surface area (Å²) in [6.45, 7) is 5.67. The molecule has 0 N–H and O–H groups in total. The summed E-state index contributed by atoms with van der Waals surface area (Å²) < 4.78 is 301. The lowest BCUT2D eigenvalue weighted by Crippen LogP contribution is -2.81. The van der Waals surface area contributed by atoms with Gasteiger partial charge in [0.1, 0.15) is 58.3 Å². The van der Waals surface area contributed by atoms with Gasteiger partial charge in [0.25, 0.3) is 0 Å². The monoisotopic (exact) mass is 978 g/mol. The molecule has 0 bridgehead atoms. The van der Waals surface area contributed by atoms with Gasteiger partial charge in [-0.15, -0.1) is 21.9 Å². The Kier molecular flexibility index (Phi) is 14.2. The number of hydrogen-bond donors (Lipinski definition) is 0. The van der Waals surface area contributed by atoms with Crippen molar-refractivity contribution in [2.45, 2.75) is 32.9 Å². The fourth-order valence-corrected chi connectivity index (χ4v) is 6.71. The quantitative estimate of drug-likeness (QED) is 0.0295. The predicted molar refractivity (Wildman–Crippen MR) is 190 cm³/mol. The number of hydrogen-bond acceptors (Lipinski definition) is 4. The second kappa shape index (κ2) is 18.7. The summed E-state index contributed by atoms with van der Waals surface area (Å²) in [5.74, 6) is -71.8. The molecule has 0 amide bonds. The molecule has 6 aromatic rings. The molecule has 1 heterocycles. The van der Waals surface area contributed by atoms with E-state index in [9.17, 15) is 62.3 Å². The van der Waals surface area contributed by atoms with E-state index in [2.05, 4.69) is 4.98 Å². The van der Waals surface area contributed by atoms with E-state index in [-0.39, 0.29) is 12.3 Å². The minimum absolute atomic E-state index is 0.0352. The molecule has 0 radical (unpaired) electrons. The number of Topliss-reactive ketones (excluding diaryl/α,β-unsaturated/α-hetero) is 1. The fourth-order valence-electron chi connectivity index (χ4n) is 6.71. The van der Waals surface area contributed by atoms with E-state index in [1.165, 1.54) is 0 Å². The van der Waals surface area contributed by atoms with Crippen molar-refractivity contribution in [1.82, 2.24) is 4.98 Å². The molecule has 1 aromatic heterocycles. The molecular weight excluding hydrogens is 959 g/mol. The van der Waals surface area contributed by atoms with Crippen LogP contribution in [0.5, 0.6) is 0 Å². The highest BCUT2D eigenvalue weighted by atomic mass is 19.2. The van der Waals surface area contributed by atoms with E-state index in [0.29, 0.717) is 11.1 Å². The zero-order valence-electron chi connectivity index (χ0n) is 33.1. The lowest BCUT2D eigenvalue weighted by Gasteiger charge is -2.44. The molecule has 0 spiro atoms. The van der Waals surface area contributed by atoms with Gasteiger partial charge in [0, 0.05) is 5.56 Å². The minimum atomic E-state index is -7.22. The molecule has 0 aliphatic rings. The van der Waals surface area contributed by atoms with Gasteiger partial charge in [-0.25, -0.2) is 92.6 Å². The maximum atomic E-state index is 15.4. The highest BCUT2D eigenvalue weighted by Gasteiger charge is 2.52. The molecule has 0 aliphatic carbocycles. The Bertz CT molecular complexity index is 2600. The number of aromatic nitrogens is 2. The van der Waals surface area contributed by atoms with Crippen LogP contribution in [0.4, 0.5) is 87.8 Å². The first kappa shape index (κ1) is 51.0. The highest BCUT2D eigenvalue weighted by Crippen LogP contribution is 2.31. The molecular formula is C41H19BF20N2O3. The second-order valence-corrected chi connectivity index (χ2v) is 14.7. The largest absolute Gasteiger partial charge is 0.456 e. The number of carbonyl (C=O) groups is 2. The molecule has 0 unspecified atom stereocenters. The molecule has 354 valence electrons. The van der Waals surface area contributed by atoms with Gasteiger partial charge in [-0.2, -0.15) is 4.57 Å².